The van der Waals surface area contributed by atoms with Crippen molar-refractivity contribution in [2.75, 3.05) is 0 Å². The van der Waals surface area contributed by atoms with E-state index in [4.69, 9.17) is 16.0 Å². The van der Waals surface area contributed by atoms with Crippen molar-refractivity contribution in [1.29, 1.82) is 0 Å². The van der Waals surface area contributed by atoms with Crippen LogP contribution in [0.15, 0.2) is 33.8 Å². The number of nitrogens with zero attached hydrogens (tertiary/aromatic N) is 4. The standard InChI is InChI=1S/C13H12ClN5OS/c1-2-10-15-13(19-16-10)21-7-11-17-18-12(20-11)8-3-5-9(14)6-4-8/h3-6H,2,7H2,1H3,(H,15,16,19). The van der Waals surface area contributed by atoms with Crippen molar-refractivity contribution < 1.29 is 4.42 Å². The van der Waals surface area contributed by atoms with Crippen molar-refractivity contribution in [1.82, 2.24) is 25.4 Å². The smallest absolute Gasteiger partial charge is 0.247 e. The summed E-state index contributed by atoms with van der Waals surface area (Å²) in [6.07, 6.45) is 0.828. The van der Waals surface area contributed by atoms with Crippen molar-refractivity contribution in [2.24, 2.45) is 0 Å². The molecule has 1 N–H and O–H groups in total. The normalized spacial score (nSPS) is 11.0. The van der Waals surface area contributed by atoms with Gasteiger partial charge < -0.3 is 4.42 Å². The highest BCUT2D eigenvalue weighted by Gasteiger charge is 2.10. The summed E-state index contributed by atoms with van der Waals surface area (Å²) in [5.41, 5.74) is 0.842. The third-order valence-electron chi connectivity index (χ3n) is 2.73. The molecular weight excluding hydrogens is 310 g/mol. The van der Waals surface area contributed by atoms with E-state index in [1.54, 1.807) is 12.1 Å². The van der Waals surface area contributed by atoms with E-state index >= 15 is 0 Å². The van der Waals surface area contributed by atoms with Crippen LogP contribution in [0.1, 0.15) is 18.6 Å². The van der Waals surface area contributed by atoms with E-state index in [1.807, 2.05) is 19.1 Å². The molecule has 0 saturated carbocycles. The van der Waals surface area contributed by atoms with Crippen LogP contribution in [0.3, 0.4) is 0 Å². The van der Waals surface area contributed by atoms with Gasteiger partial charge in [-0.05, 0) is 24.3 Å². The third-order valence-corrected chi connectivity index (χ3v) is 3.81. The van der Waals surface area contributed by atoms with Gasteiger partial charge in [0.25, 0.3) is 0 Å². The summed E-state index contributed by atoms with van der Waals surface area (Å²) < 4.78 is 5.61. The summed E-state index contributed by atoms with van der Waals surface area (Å²) in [7, 11) is 0. The fourth-order valence-electron chi connectivity index (χ4n) is 1.65. The number of rotatable bonds is 5. The topological polar surface area (TPSA) is 80.5 Å². The van der Waals surface area contributed by atoms with E-state index in [-0.39, 0.29) is 0 Å². The van der Waals surface area contributed by atoms with Gasteiger partial charge in [-0.2, -0.15) is 0 Å². The van der Waals surface area contributed by atoms with Gasteiger partial charge in [-0.25, -0.2) is 4.98 Å². The van der Waals surface area contributed by atoms with E-state index < -0.39 is 0 Å². The molecule has 21 heavy (non-hydrogen) atoms. The molecule has 0 unspecified atom stereocenters. The molecule has 0 fully saturated rings. The van der Waals surface area contributed by atoms with Gasteiger partial charge >= 0.3 is 0 Å². The predicted molar refractivity (Wildman–Crippen MR) is 80.1 cm³/mol. The molecular formula is C13H12ClN5OS. The number of H-pyrrole nitrogens is 1. The zero-order chi connectivity index (χ0) is 14.7. The Labute approximate surface area is 130 Å². The number of thioether (sulfide) groups is 1. The lowest BCUT2D eigenvalue weighted by Crippen LogP contribution is -1.83. The van der Waals surface area contributed by atoms with Crippen LogP contribution in [0.5, 0.6) is 0 Å². The van der Waals surface area contributed by atoms with Crippen LogP contribution in [0.25, 0.3) is 11.5 Å². The molecule has 0 aliphatic rings. The van der Waals surface area contributed by atoms with Crippen molar-refractivity contribution in [3.8, 4) is 11.5 Å². The van der Waals surface area contributed by atoms with Crippen LogP contribution < -0.4 is 0 Å². The van der Waals surface area contributed by atoms with Gasteiger partial charge in [-0.3, -0.25) is 5.10 Å². The van der Waals surface area contributed by atoms with E-state index in [0.717, 1.165) is 17.8 Å². The first kappa shape index (κ1) is 14.1. The van der Waals surface area contributed by atoms with Gasteiger partial charge in [0.1, 0.15) is 5.82 Å². The Hall–Kier alpha value is -1.86. The maximum Gasteiger partial charge on any atom is 0.247 e. The third kappa shape index (κ3) is 3.43. The molecule has 3 aromatic rings. The van der Waals surface area contributed by atoms with Crippen molar-refractivity contribution in [3.05, 3.63) is 41.0 Å². The Morgan fingerprint density at radius 2 is 2.05 bits per heavy atom. The molecule has 8 heteroatoms. The molecule has 2 heterocycles. The average Bonchev–Trinajstić information content (AvgIpc) is 3.15. The number of hydrogen-bond acceptors (Lipinski definition) is 6. The highest BCUT2D eigenvalue weighted by molar-refractivity contribution is 7.98. The molecule has 0 saturated heterocycles. The van der Waals surface area contributed by atoms with E-state index in [9.17, 15) is 0 Å². The lowest BCUT2D eigenvalue weighted by molar-refractivity contribution is 0.528. The van der Waals surface area contributed by atoms with Crippen molar-refractivity contribution in [2.45, 2.75) is 24.3 Å². The predicted octanol–water partition coefficient (Wildman–Crippen LogP) is 3.36. The van der Waals surface area contributed by atoms with Crippen LogP contribution in [-0.4, -0.2) is 25.4 Å². The number of halogens is 1. The first-order valence-corrected chi connectivity index (χ1v) is 7.73. The first-order chi connectivity index (χ1) is 10.2. The maximum atomic E-state index is 5.85. The number of hydrogen-bond donors (Lipinski definition) is 1. The second-order valence-corrected chi connectivity index (χ2v) is 5.59. The van der Waals surface area contributed by atoms with Crippen molar-refractivity contribution in [3.63, 3.8) is 0 Å². The minimum Gasteiger partial charge on any atom is -0.420 e. The van der Waals surface area contributed by atoms with Crippen LogP contribution >= 0.6 is 23.4 Å². The Morgan fingerprint density at radius 1 is 1.24 bits per heavy atom. The quantitative estimate of drug-likeness (QED) is 0.726. The summed E-state index contributed by atoms with van der Waals surface area (Å²) in [4.78, 5) is 4.31. The van der Waals surface area contributed by atoms with Crippen LogP contribution in [0, 0.1) is 0 Å². The summed E-state index contributed by atoms with van der Waals surface area (Å²) in [5, 5.41) is 16.4. The van der Waals surface area contributed by atoms with Crippen LogP contribution in [0.4, 0.5) is 0 Å². The molecule has 108 valence electrons. The second kappa shape index (κ2) is 6.28. The number of aryl methyl sites for hydroxylation is 1. The lowest BCUT2D eigenvalue weighted by Gasteiger charge is -1.94. The lowest BCUT2D eigenvalue weighted by atomic mass is 10.2. The monoisotopic (exact) mass is 321 g/mol. The Kier molecular flexibility index (Phi) is 4.21. The van der Waals surface area contributed by atoms with Gasteiger partial charge in [0.05, 0.1) is 5.75 Å². The second-order valence-electron chi connectivity index (χ2n) is 4.21. The fraction of sp³-hybridized carbons (Fsp3) is 0.231. The zero-order valence-corrected chi connectivity index (χ0v) is 12.8. The molecule has 0 spiro atoms. The highest BCUT2D eigenvalue weighted by atomic mass is 35.5. The zero-order valence-electron chi connectivity index (χ0n) is 11.2. The molecule has 0 amide bonds. The summed E-state index contributed by atoms with van der Waals surface area (Å²) in [5.74, 6) is 2.41. The Bertz CT molecular complexity index is 724. The summed E-state index contributed by atoms with van der Waals surface area (Å²) in [6.45, 7) is 2.02. The summed E-state index contributed by atoms with van der Waals surface area (Å²) in [6, 6.07) is 7.26. The van der Waals surface area contributed by atoms with E-state index in [2.05, 4.69) is 25.4 Å². The number of nitrogens with one attached hydrogen (secondary N) is 1. The van der Waals surface area contributed by atoms with E-state index in [0.29, 0.717) is 27.7 Å². The van der Waals surface area contributed by atoms with Crippen LogP contribution in [0.2, 0.25) is 5.02 Å². The number of benzene rings is 1. The molecule has 1 aromatic carbocycles. The van der Waals surface area contributed by atoms with Gasteiger partial charge in [0, 0.05) is 17.0 Å². The largest absolute Gasteiger partial charge is 0.420 e. The highest BCUT2D eigenvalue weighted by Crippen LogP contribution is 2.23. The molecule has 2 aromatic heterocycles. The Morgan fingerprint density at radius 3 is 2.76 bits per heavy atom. The molecule has 3 rings (SSSR count). The van der Waals surface area contributed by atoms with E-state index in [1.165, 1.54) is 11.8 Å². The van der Waals surface area contributed by atoms with Gasteiger partial charge in [-0.1, -0.05) is 30.3 Å². The SMILES string of the molecule is CCc1nc(SCc2nnc(-c3ccc(Cl)cc3)o2)n[nH]1. The summed E-state index contributed by atoms with van der Waals surface area (Å²) >= 11 is 7.30. The molecule has 0 radical (unpaired) electrons. The van der Waals surface area contributed by atoms with Gasteiger partial charge in [0.15, 0.2) is 0 Å². The first-order valence-electron chi connectivity index (χ1n) is 6.37. The fourth-order valence-corrected chi connectivity index (χ4v) is 2.43. The molecule has 0 bridgehead atoms. The van der Waals surface area contributed by atoms with Gasteiger partial charge in [0.2, 0.25) is 16.9 Å². The van der Waals surface area contributed by atoms with Gasteiger partial charge in [-0.15, -0.1) is 15.3 Å². The Balaban J connectivity index is 1.66. The number of aromatic nitrogens is 5. The minimum atomic E-state index is 0.478. The minimum absolute atomic E-state index is 0.478. The maximum absolute atomic E-state index is 5.85. The molecule has 0 aliphatic heterocycles. The van der Waals surface area contributed by atoms with Crippen molar-refractivity contribution >= 4 is 23.4 Å². The number of aromatic amines is 1. The molecule has 0 atom stereocenters. The average molecular weight is 322 g/mol. The molecule has 0 aliphatic carbocycles. The van der Waals surface area contributed by atoms with Crippen LogP contribution in [-0.2, 0) is 12.2 Å². The molecule has 6 nitrogen and oxygen atoms in total.